The molecule has 2 N–H and O–H groups in total. The van der Waals surface area contributed by atoms with Gasteiger partial charge in [0, 0.05) is 0 Å². The zero-order valence-corrected chi connectivity index (χ0v) is 15.1. The summed E-state index contributed by atoms with van der Waals surface area (Å²) in [6.45, 7) is 9.60. The van der Waals surface area contributed by atoms with Gasteiger partial charge < -0.3 is 19.5 Å². The number of nitrogens with one attached hydrogen (secondary N) is 1. The van der Waals surface area contributed by atoms with Crippen molar-refractivity contribution in [2.24, 2.45) is 0 Å². The first-order valence-electron chi connectivity index (χ1n) is 7.97. The van der Waals surface area contributed by atoms with Crippen molar-refractivity contribution in [3.63, 3.8) is 0 Å². The maximum atomic E-state index is 11.0. The topological polar surface area (TPSA) is 108 Å². The number of likely N-dealkylation sites (N-methyl/N-ethyl adjacent to an activating group) is 1. The summed E-state index contributed by atoms with van der Waals surface area (Å²) in [5.41, 5.74) is 0.710. The molecule has 0 atom stereocenters. The van der Waals surface area contributed by atoms with Crippen molar-refractivity contribution in [1.29, 1.82) is 0 Å². The van der Waals surface area contributed by atoms with E-state index < -0.39 is 16.1 Å². The number of rotatable bonds is 13. The normalized spacial score (nSPS) is 13.3. The smallest absolute Gasteiger partial charge is 0.264 e. The molecule has 0 spiro atoms. The third-order valence-corrected chi connectivity index (χ3v) is 4.67. The molecule has 0 aromatic carbocycles. The highest BCUT2D eigenvalue weighted by atomic mass is 32.2. The molecule has 0 aromatic heterocycles. The summed E-state index contributed by atoms with van der Waals surface area (Å²) in [6, 6.07) is 0. The molecular formula is C15H29NO6S. The lowest BCUT2D eigenvalue weighted by Gasteiger charge is -2.16. The van der Waals surface area contributed by atoms with Gasteiger partial charge in [0.2, 0.25) is 0 Å². The number of carboxylic acids is 1. The molecule has 0 aliphatic carbocycles. The summed E-state index contributed by atoms with van der Waals surface area (Å²) < 4.78 is 35.7. The van der Waals surface area contributed by atoms with E-state index in [1.807, 2.05) is 0 Å². The molecule has 0 bridgehead atoms. The van der Waals surface area contributed by atoms with Crippen LogP contribution in [0.2, 0.25) is 0 Å². The predicted octanol–water partition coefficient (Wildman–Crippen LogP) is -0.948. The summed E-state index contributed by atoms with van der Waals surface area (Å²) >= 11 is 0. The first kappa shape index (κ1) is 22.0. The highest BCUT2D eigenvalue weighted by Crippen LogP contribution is 2.16. The van der Waals surface area contributed by atoms with E-state index in [-0.39, 0.29) is 24.2 Å². The van der Waals surface area contributed by atoms with E-state index in [1.54, 1.807) is 0 Å². The minimum atomic E-state index is -4.03. The maximum Gasteiger partial charge on any atom is 0.264 e. The Morgan fingerprint density at radius 1 is 1.17 bits per heavy atom. The zero-order valence-electron chi connectivity index (χ0n) is 14.3. The van der Waals surface area contributed by atoms with E-state index in [2.05, 4.69) is 13.8 Å². The van der Waals surface area contributed by atoms with Crippen LogP contribution in [0, 0.1) is 0 Å². The Labute approximate surface area is 139 Å². The minimum absolute atomic E-state index is 0.110. The molecule has 7 nitrogen and oxygen atoms in total. The van der Waals surface area contributed by atoms with E-state index >= 15 is 0 Å². The highest BCUT2D eigenvalue weighted by molar-refractivity contribution is 7.85. The van der Waals surface area contributed by atoms with Crippen molar-refractivity contribution in [3.8, 4) is 0 Å². The SMILES string of the molecule is CC[NH+](CC)CCOCCC(CCCS(=O)(=O)O)=C(C)C(=O)[O-]. The number of carboxylic acid groups (broad SMARTS) is 1. The molecule has 0 unspecified atom stereocenters. The molecule has 0 rings (SSSR count). The second-order valence-corrected chi connectivity index (χ2v) is 7.05. The molecule has 0 heterocycles. The summed E-state index contributed by atoms with van der Waals surface area (Å²) in [4.78, 5) is 12.4. The van der Waals surface area contributed by atoms with Gasteiger partial charge in [-0.1, -0.05) is 5.57 Å². The third-order valence-electron chi connectivity index (χ3n) is 3.87. The fourth-order valence-electron chi connectivity index (χ4n) is 2.23. The van der Waals surface area contributed by atoms with Gasteiger partial charge in [-0.15, -0.1) is 0 Å². The second-order valence-electron chi connectivity index (χ2n) is 5.48. The molecule has 0 aliphatic rings. The van der Waals surface area contributed by atoms with Gasteiger partial charge in [-0.25, -0.2) is 0 Å². The molecule has 0 saturated heterocycles. The Balaban J connectivity index is 4.34. The number of carbonyl (C=O) groups excluding carboxylic acids is 1. The van der Waals surface area contributed by atoms with Gasteiger partial charge in [-0.05, 0) is 45.6 Å². The molecular weight excluding hydrogens is 322 g/mol. The zero-order chi connectivity index (χ0) is 17.9. The lowest BCUT2D eigenvalue weighted by atomic mass is 10.0. The van der Waals surface area contributed by atoms with E-state index in [4.69, 9.17) is 9.29 Å². The Morgan fingerprint density at radius 2 is 1.78 bits per heavy atom. The van der Waals surface area contributed by atoms with Crippen LogP contribution in [0.15, 0.2) is 11.1 Å². The summed E-state index contributed by atoms with van der Waals surface area (Å²) in [5, 5.41) is 11.0. The molecule has 23 heavy (non-hydrogen) atoms. The van der Waals surface area contributed by atoms with Gasteiger partial charge >= 0.3 is 0 Å². The minimum Gasteiger partial charge on any atom is -0.545 e. The lowest BCUT2D eigenvalue weighted by Crippen LogP contribution is -3.11. The number of carbonyl (C=O) groups is 1. The summed E-state index contributed by atoms with van der Waals surface area (Å²) in [7, 11) is -4.03. The van der Waals surface area contributed by atoms with Crippen LogP contribution in [-0.2, 0) is 19.6 Å². The van der Waals surface area contributed by atoms with E-state index in [1.165, 1.54) is 11.8 Å². The van der Waals surface area contributed by atoms with Crippen LogP contribution >= 0.6 is 0 Å². The standard InChI is InChI=1S/C15H29NO6S/c1-4-16(5-2)9-11-22-10-8-14(13(3)15(17)18)7-6-12-23(19,20)21/h4-12H2,1-3H3,(H,17,18)(H,19,20,21). The molecule has 0 aromatic rings. The van der Waals surface area contributed by atoms with Crippen molar-refractivity contribution in [2.75, 3.05) is 38.6 Å². The van der Waals surface area contributed by atoms with Gasteiger partial charge in [0.1, 0.15) is 6.54 Å². The van der Waals surface area contributed by atoms with Crippen molar-refractivity contribution in [3.05, 3.63) is 11.1 Å². The first-order chi connectivity index (χ1) is 10.7. The van der Waals surface area contributed by atoms with E-state index in [0.29, 0.717) is 25.2 Å². The molecule has 0 saturated carbocycles. The number of ether oxygens (including phenoxy) is 1. The Bertz CT molecular complexity index is 482. The third kappa shape index (κ3) is 11.2. The number of hydrogen-bond donors (Lipinski definition) is 2. The number of quaternary nitrogens is 1. The fraction of sp³-hybridized carbons (Fsp3) is 0.800. The van der Waals surface area contributed by atoms with Crippen LogP contribution in [0.3, 0.4) is 0 Å². The van der Waals surface area contributed by atoms with Crippen molar-refractivity contribution < 1.29 is 32.5 Å². The van der Waals surface area contributed by atoms with Gasteiger partial charge in [0.05, 0.1) is 38.0 Å². The summed E-state index contributed by atoms with van der Waals surface area (Å²) in [6.07, 6.45) is 0.867. The van der Waals surface area contributed by atoms with Crippen LogP contribution in [0.5, 0.6) is 0 Å². The fourth-order valence-corrected chi connectivity index (χ4v) is 2.74. The Kier molecular flexibility index (Phi) is 11.1. The molecule has 8 heteroatoms. The Morgan fingerprint density at radius 3 is 2.26 bits per heavy atom. The van der Waals surface area contributed by atoms with Crippen LogP contribution in [0.1, 0.15) is 40.0 Å². The van der Waals surface area contributed by atoms with Crippen molar-refractivity contribution in [1.82, 2.24) is 0 Å². The van der Waals surface area contributed by atoms with Gasteiger partial charge in [0.15, 0.2) is 0 Å². The van der Waals surface area contributed by atoms with Crippen molar-refractivity contribution in [2.45, 2.75) is 40.0 Å². The molecule has 136 valence electrons. The van der Waals surface area contributed by atoms with E-state index in [0.717, 1.165) is 19.6 Å². The monoisotopic (exact) mass is 351 g/mol. The van der Waals surface area contributed by atoms with Crippen molar-refractivity contribution >= 4 is 16.1 Å². The lowest BCUT2D eigenvalue weighted by molar-refractivity contribution is -0.896. The average Bonchev–Trinajstić information content (AvgIpc) is 2.47. The molecule has 0 fully saturated rings. The molecule has 0 radical (unpaired) electrons. The van der Waals surface area contributed by atoms with Gasteiger partial charge in [-0.2, -0.15) is 8.42 Å². The van der Waals surface area contributed by atoms with Crippen LogP contribution < -0.4 is 10.0 Å². The number of hydrogen-bond acceptors (Lipinski definition) is 5. The largest absolute Gasteiger partial charge is 0.545 e. The second kappa shape index (κ2) is 11.6. The van der Waals surface area contributed by atoms with Crippen LogP contribution in [0.25, 0.3) is 0 Å². The molecule has 0 amide bonds. The highest BCUT2D eigenvalue weighted by Gasteiger charge is 2.09. The number of aliphatic carboxylic acids is 1. The van der Waals surface area contributed by atoms with Gasteiger partial charge in [-0.3, -0.25) is 4.55 Å². The maximum absolute atomic E-state index is 11.0. The quantitative estimate of drug-likeness (QED) is 0.252. The average molecular weight is 351 g/mol. The summed E-state index contributed by atoms with van der Waals surface area (Å²) in [5.74, 6) is -1.65. The van der Waals surface area contributed by atoms with Crippen LogP contribution in [0.4, 0.5) is 0 Å². The van der Waals surface area contributed by atoms with Gasteiger partial charge in [0.25, 0.3) is 10.1 Å². The molecule has 0 aliphatic heterocycles. The van der Waals surface area contributed by atoms with E-state index in [9.17, 15) is 18.3 Å². The Hall–Kier alpha value is -0.960. The van der Waals surface area contributed by atoms with Crippen LogP contribution in [-0.4, -0.2) is 57.5 Å². The predicted molar refractivity (Wildman–Crippen MR) is 85.7 cm³/mol. The first-order valence-corrected chi connectivity index (χ1v) is 9.58.